The summed E-state index contributed by atoms with van der Waals surface area (Å²) < 4.78 is 15.9. The first-order chi connectivity index (χ1) is 17.3. The maximum absolute atomic E-state index is 13.0. The number of urea groups is 1. The van der Waals surface area contributed by atoms with Gasteiger partial charge in [0.15, 0.2) is 6.61 Å². The van der Waals surface area contributed by atoms with Crippen molar-refractivity contribution in [2.24, 2.45) is 0 Å². The van der Waals surface area contributed by atoms with E-state index in [9.17, 15) is 19.2 Å². The van der Waals surface area contributed by atoms with Crippen molar-refractivity contribution in [2.75, 3.05) is 13.7 Å². The van der Waals surface area contributed by atoms with Gasteiger partial charge in [-0.3, -0.25) is 15.0 Å². The molecule has 2 aromatic carbocycles. The highest BCUT2D eigenvalue weighted by molar-refractivity contribution is 6.08. The number of carbonyl (C=O) groups is 4. The van der Waals surface area contributed by atoms with Gasteiger partial charge in [0.1, 0.15) is 22.6 Å². The van der Waals surface area contributed by atoms with Crippen molar-refractivity contribution in [1.29, 1.82) is 0 Å². The third-order valence-corrected chi connectivity index (χ3v) is 5.36. The zero-order chi connectivity index (χ0) is 25.7. The number of para-hydroxylation sites is 1. The highest BCUT2D eigenvalue weighted by Gasteiger charge is 2.50. The van der Waals surface area contributed by atoms with Crippen molar-refractivity contribution in [3.8, 4) is 17.4 Å². The normalized spacial score (nSPS) is 16.8. The zero-order valence-electron chi connectivity index (χ0n) is 19.4. The Balaban J connectivity index is 1.39. The van der Waals surface area contributed by atoms with Crippen LogP contribution in [0.4, 0.5) is 4.79 Å². The van der Waals surface area contributed by atoms with Crippen LogP contribution < -0.4 is 20.2 Å². The topological polar surface area (TPSA) is 136 Å². The van der Waals surface area contributed by atoms with E-state index >= 15 is 0 Å². The van der Waals surface area contributed by atoms with Crippen LogP contribution in [0.15, 0.2) is 72.9 Å². The minimum absolute atomic E-state index is 0.00253. The standard InChI is InChI=1S/C25H22N4O7/c1-25(16-8-6-11-18(14-16)34-2)23(32)29(24(33)27-25)28-20(30)15-35-22(31)19-12-7-13-26-21(19)36-17-9-4-3-5-10-17/h3-14H,15H2,1-2H3,(H,27,33)(H,28,30)/t25-/m1/s1. The first kappa shape index (κ1) is 24.2. The molecular formula is C25H22N4O7. The lowest BCUT2D eigenvalue weighted by molar-refractivity contribution is -0.140. The summed E-state index contributed by atoms with van der Waals surface area (Å²) in [5.74, 6) is -1.53. The number of imide groups is 1. The molecule has 0 unspecified atom stereocenters. The maximum Gasteiger partial charge on any atom is 0.344 e. The molecular weight excluding hydrogens is 468 g/mol. The Morgan fingerprint density at radius 2 is 1.78 bits per heavy atom. The molecule has 0 spiro atoms. The number of hydrogen-bond donors (Lipinski definition) is 2. The van der Waals surface area contributed by atoms with Crippen LogP contribution in [-0.4, -0.2) is 47.5 Å². The second-order valence-corrected chi connectivity index (χ2v) is 7.81. The van der Waals surface area contributed by atoms with Gasteiger partial charge in [0.2, 0.25) is 5.88 Å². The summed E-state index contributed by atoms with van der Waals surface area (Å²) in [6, 6.07) is 17.4. The fourth-order valence-electron chi connectivity index (χ4n) is 3.46. The molecule has 2 heterocycles. The second-order valence-electron chi connectivity index (χ2n) is 7.81. The minimum atomic E-state index is -1.44. The number of hydrazine groups is 1. The van der Waals surface area contributed by atoms with Crippen LogP contribution in [0, 0.1) is 0 Å². The number of aromatic nitrogens is 1. The molecule has 0 radical (unpaired) electrons. The average molecular weight is 490 g/mol. The summed E-state index contributed by atoms with van der Waals surface area (Å²) in [6.45, 7) is 0.746. The molecule has 0 saturated carbocycles. The molecule has 11 nitrogen and oxygen atoms in total. The van der Waals surface area contributed by atoms with E-state index in [2.05, 4.69) is 15.7 Å². The monoisotopic (exact) mass is 490 g/mol. The fourth-order valence-corrected chi connectivity index (χ4v) is 3.46. The number of amides is 4. The number of rotatable bonds is 8. The van der Waals surface area contributed by atoms with Gasteiger partial charge < -0.3 is 19.5 Å². The number of nitrogens with one attached hydrogen (secondary N) is 2. The van der Waals surface area contributed by atoms with E-state index in [4.69, 9.17) is 14.2 Å². The van der Waals surface area contributed by atoms with Gasteiger partial charge in [0.25, 0.3) is 11.8 Å². The highest BCUT2D eigenvalue weighted by Crippen LogP contribution is 2.30. The second kappa shape index (κ2) is 10.1. The first-order valence-electron chi connectivity index (χ1n) is 10.8. The predicted molar refractivity (Wildman–Crippen MR) is 125 cm³/mol. The number of esters is 1. The van der Waals surface area contributed by atoms with E-state index in [1.165, 1.54) is 32.4 Å². The summed E-state index contributed by atoms with van der Waals surface area (Å²) >= 11 is 0. The van der Waals surface area contributed by atoms with Crippen LogP contribution in [0.3, 0.4) is 0 Å². The predicted octanol–water partition coefficient (Wildman–Crippen LogP) is 2.54. The van der Waals surface area contributed by atoms with Crippen LogP contribution in [0.2, 0.25) is 0 Å². The van der Waals surface area contributed by atoms with Crippen LogP contribution in [0.5, 0.6) is 17.4 Å². The Morgan fingerprint density at radius 1 is 1.03 bits per heavy atom. The van der Waals surface area contributed by atoms with Gasteiger partial charge in [-0.05, 0) is 48.9 Å². The smallest absolute Gasteiger partial charge is 0.344 e. The van der Waals surface area contributed by atoms with E-state index in [1.54, 1.807) is 48.5 Å². The summed E-state index contributed by atoms with van der Waals surface area (Å²) in [4.78, 5) is 54.5. The minimum Gasteiger partial charge on any atom is -0.497 e. The molecule has 1 saturated heterocycles. The number of carbonyl (C=O) groups excluding carboxylic acids is 4. The van der Waals surface area contributed by atoms with Gasteiger partial charge in [-0.1, -0.05) is 30.3 Å². The molecule has 1 aliphatic heterocycles. The average Bonchev–Trinajstić information content (AvgIpc) is 3.12. The summed E-state index contributed by atoms with van der Waals surface area (Å²) in [7, 11) is 1.48. The Bertz CT molecular complexity index is 1310. The number of hydrogen-bond acceptors (Lipinski definition) is 8. The molecule has 1 fully saturated rings. The van der Waals surface area contributed by atoms with Gasteiger partial charge >= 0.3 is 12.0 Å². The van der Waals surface area contributed by atoms with Gasteiger partial charge in [-0.15, -0.1) is 0 Å². The van der Waals surface area contributed by atoms with Crippen molar-refractivity contribution >= 4 is 23.8 Å². The molecule has 184 valence electrons. The number of methoxy groups -OCH3 is 1. The zero-order valence-corrected chi connectivity index (χ0v) is 19.4. The van der Waals surface area contributed by atoms with Crippen molar-refractivity contribution in [3.63, 3.8) is 0 Å². The molecule has 11 heteroatoms. The van der Waals surface area contributed by atoms with Crippen molar-refractivity contribution < 1.29 is 33.4 Å². The van der Waals surface area contributed by atoms with Crippen LogP contribution in [0.1, 0.15) is 22.8 Å². The molecule has 4 rings (SSSR count). The lowest BCUT2D eigenvalue weighted by Crippen LogP contribution is -2.49. The Kier molecular flexibility index (Phi) is 6.81. The molecule has 0 aliphatic carbocycles. The van der Waals surface area contributed by atoms with Gasteiger partial charge in [-0.2, -0.15) is 5.01 Å². The molecule has 3 aromatic rings. The molecule has 0 bridgehead atoms. The number of nitrogens with zero attached hydrogens (tertiary/aromatic N) is 2. The number of benzene rings is 2. The van der Waals surface area contributed by atoms with Crippen molar-refractivity contribution in [1.82, 2.24) is 20.7 Å². The molecule has 1 aliphatic rings. The quantitative estimate of drug-likeness (QED) is 0.363. The van der Waals surface area contributed by atoms with Gasteiger partial charge in [0, 0.05) is 6.20 Å². The molecule has 1 atom stereocenters. The molecule has 1 aromatic heterocycles. The maximum atomic E-state index is 13.0. The van der Waals surface area contributed by atoms with Crippen LogP contribution >= 0.6 is 0 Å². The third-order valence-electron chi connectivity index (χ3n) is 5.36. The Labute approximate surface area is 205 Å². The van der Waals surface area contributed by atoms with Crippen LogP contribution in [0.25, 0.3) is 0 Å². The van der Waals surface area contributed by atoms with E-state index in [0.717, 1.165) is 0 Å². The lowest BCUT2D eigenvalue weighted by atomic mass is 9.92. The largest absolute Gasteiger partial charge is 0.497 e. The Hall–Kier alpha value is -4.93. The number of ether oxygens (including phenoxy) is 3. The lowest BCUT2D eigenvalue weighted by Gasteiger charge is -2.22. The summed E-state index contributed by atoms with van der Waals surface area (Å²) in [5.41, 5.74) is 1.19. The van der Waals surface area contributed by atoms with E-state index in [-0.39, 0.29) is 11.4 Å². The molecule has 36 heavy (non-hydrogen) atoms. The van der Waals surface area contributed by atoms with E-state index in [1.807, 2.05) is 6.07 Å². The molecule has 2 N–H and O–H groups in total. The summed E-state index contributed by atoms with van der Waals surface area (Å²) in [6.07, 6.45) is 1.44. The molecule has 4 amide bonds. The highest BCUT2D eigenvalue weighted by atomic mass is 16.5. The number of pyridine rings is 1. The fraction of sp³-hybridized carbons (Fsp3) is 0.160. The summed E-state index contributed by atoms with van der Waals surface area (Å²) in [5, 5.41) is 3.10. The van der Waals surface area contributed by atoms with Crippen LogP contribution in [-0.2, 0) is 19.9 Å². The van der Waals surface area contributed by atoms with Gasteiger partial charge in [0.05, 0.1) is 7.11 Å². The SMILES string of the molecule is COc1cccc([C@@]2(C)NC(=O)N(NC(=O)COC(=O)c3cccnc3Oc3ccccc3)C2=O)c1. The first-order valence-corrected chi connectivity index (χ1v) is 10.8. The van der Waals surface area contributed by atoms with E-state index < -0.39 is 36.0 Å². The Morgan fingerprint density at radius 3 is 2.53 bits per heavy atom. The van der Waals surface area contributed by atoms with Crippen molar-refractivity contribution in [2.45, 2.75) is 12.5 Å². The van der Waals surface area contributed by atoms with E-state index in [0.29, 0.717) is 22.1 Å². The van der Waals surface area contributed by atoms with Crippen molar-refractivity contribution in [3.05, 3.63) is 84.1 Å². The third kappa shape index (κ3) is 4.94. The van der Waals surface area contributed by atoms with Gasteiger partial charge in [-0.25, -0.2) is 14.6 Å².